The second kappa shape index (κ2) is 5.10. The van der Waals surface area contributed by atoms with Gasteiger partial charge in [-0.15, -0.1) is 0 Å². The van der Waals surface area contributed by atoms with Gasteiger partial charge in [0.1, 0.15) is 5.78 Å². The molecule has 0 aromatic heterocycles. The number of hydrogen-bond acceptors (Lipinski definition) is 3. The Morgan fingerprint density at radius 1 is 1.36 bits per heavy atom. The topological polar surface area (TPSA) is 58.2 Å². The molecule has 80 valence electrons. The van der Waals surface area contributed by atoms with Gasteiger partial charge in [0.15, 0.2) is 0 Å². The average molecular weight is 198 g/mol. The van der Waals surface area contributed by atoms with Gasteiger partial charge in [-0.05, 0) is 26.8 Å². The molecule has 0 spiro atoms. The van der Waals surface area contributed by atoms with E-state index >= 15 is 0 Å². The Morgan fingerprint density at radius 3 is 2.50 bits per heavy atom. The zero-order valence-electron chi connectivity index (χ0n) is 8.80. The van der Waals surface area contributed by atoms with Gasteiger partial charge >= 0.3 is 0 Å². The molecule has 0 radical (unpaired) electrons. The van der Waals surface area contributed by atoms with Crippen LogP contribution in [0.3, 0.4) is 0 Å². The molecule has 0 aliphatic heterocycles. The summed E-state index contributed by atoms with van der Waals surface area (Å²) in [5, 5.41) is 5.82. The Hall–Kier alpha value is -0.900. The van der Waals surface area contributed by atoms with Gasteiger partial charge in [0, 0.05) is 24.9 Å². The maximum Gasteiger partial charge on any atom is 0.221 e. The summed E-state index contributed by atoms with van der Waals surface area (Å²) >= 11 is 0. The van der Waals surface area contributed by atoms with Gasteiger partial charge < -0.3 is 10.6 Å². The predicted molar refractivity (Wildman–Crippen MR) is 53.9 cm³/mol. The molecule has 4 nitrogen and oxygen atoms in total. The molecule has 4 heteroatoms. The maximum absolute atomic E-state index is 11.2. The number of ketones is 1. The van der Waals surface area contributed by atoms with Crippen molar-refractivity contribution in [3.63, 3.8) is 0 Å². The molecule has 1 fully saturated rings. The van der Waals surface area contributed by atoms with Crippen molar-refractivity contribution < 1.29 is 9.59 Å². The Morgan fingerprint density at radius 2 is 2.00 bits per heavy atom. The third-order valence-corrected chi connectivity index (χ3v) is 2.68. The number of carbonyl (C=O) groups is 2. The molecular formula is C10H18N2O2. The average Bonchev–Trinajstić information content (AvgIpc) is 2.06. The first-order valence-corrected chi connectivity index (χ1v) is 5.08. The quantitative estimate of drug-likeness (QED) is 0.657. The molecule has 0 atom stereocenters. The highest BCUT2D eigenvalue weighted by molar-refractivity contribution is 5.80. The molecule has 0 aromatic rings. The zero-order chi connectivity index (χ0) is 10.6. The van der Waals surface area contributed by atoms with Crippen molar-refractivity contribution in [3.8, 4) is 0 Å². The summed E-state index contributed by atoms with van der Waals surface area (Å²) in [6.07, 6.45) is 2.15. The van der Waals surface area contributed by atoms with Crippen molar-refractivity contribution in [2.75, 3.05) is 13.6 Å². The summed E-state index contributed by atoms with van der Waals surface area (Å²) in [6.45, 7) is 2.32. The predicted octanol–water partition coefficient (Wildman–Crippen LogP) is 0.0797. The Balaban J connectivity index is 2.10. The minimum atomic E-state index is 0.0753. The molecule has 0 aromatic carbocycles. The first-order valence-electron chi connectivity index (χ1n) is 5.08. The van der Waals surface area contributed by atoms with Crippen LogP contribution in [0.2, 0.25) is 0 Å². The van der Waals surface area contributed by atoms with Gasteiger partial charge in [-0.3, -0.25) is 9.59 Å². The van der Waals surface area contributed by atoms with Crippen LogP contribution >= 0.6 is 0 Å². The first-order chi connectivity index (χ1) is 6.63. The molecule has 0 heterocycles. The summed E-state index contributed by atoms with van der Waals surface area (Å²) in [7, 11) is 1.82. The van der Waals surface area contributed by atoms with Gasteiger partial charge in [0.2, 0.25) is 5.91 Å². The Labute approximate surface area is 84.4 Å². The van der Waals surface area contributed by atoms with Crippen LogP contribution in [0.5, 0.6) is 0 Å². The van der Waals surface area contributed by atoms with E-state index in [9.17, 15) is 9.59 Å². The second-order valence-corrected chi connectivity index (χ2v) is 3.90. The third-order valence-electron chi connectivity index (χ3n) is 2.68. The minimum absolute atomic E-state index is 0.0753. The lowest BCUT2D eigenvalue weighted by atomic mass is 9.78. The standard InChI is InChI=1S/C10H18N2O2/c1-7(13)8-5-9(6-8)12-10(14)3-4-11-2/h8-9,11H,3-6H2,1-2H3,(H,12,14). The van der Waals surface area contributed by atoms with Crippen LogP contribution in [0.15, 0.2) is 0 Å². The number of nitrogens with one attached hydrogen (secondary N) is 2. The van der Waals surface area contributed by atoms with Gasteiger partial charge in [0.25, 0.3) is 0 Å². The molecule has 1 amide bonds. The summed E-state index contributed by atoms with van der Waals surface area (Å²) in [4.78, 5) is 22.2. The van der Waals surface area contributed by atoms with Crippen LogP contribution < -0.4 is 10.6 Å². The normalized spacial score (nSPS) is 25.3. The summed E-state index contributed by atoms with van der Waals surface area (Å²) in [5.74, 6) is 0.502. The molecule has 0 saturated heterocycles. The summed E-state index contributed by atoms with van der Waals surface area (Å²) in [5.41, 5.74) is 0. The van der Waals surface area contributed by atoms with E-state index in [1.54, 1.807) is 6.92 Å². The van der Waals surface area contributed by atoms with E-state index in [1.165, 1.54) is 0 Å². The van der Waals surface area contributed by atoms with Crippen molar-refractivity contribution in [1.29, 1.82) is 0 Å². The van der Waals surface area contributed by atoms with Crippen molar-refractivity contribution >= 4 is 11.7 Å². The van der Waals surface area contributed by atoms with Crippen molar-refractivity contribution in [2.24, 2.45) is 5.92 Å². The van der Waals surface area contributed by atoms with E-state index in [0.29, 0.717) is 13.0 Å². The van der Waals surface area contributed by atoms with Gasteiger partial charge in [0.05, 0.1) is 0 Å². The summed E-state index contributed by atoms with van der Waals surface area (Å²) < 4.78 is 0. The number of rotatable bonds is 5. The monoisotopic (exact) mass is 198 g/mol. The lowest BCUT2D eigenvalue weighted by Crippen LogP contribution is -2.46. The lowest BCUT2D eigenvalue weighted by molar-refractivity contribution is -0.127. The molecule has 1 saturated carbocycles. The van der Waals surface area contributed by atoms with E-state index in [1.807, 2.05) is 7.05 Å². The van der Waals surface area contributed by atoms with E-state index < -0.39 is 0 Å². The molecule has 0 unspecified atom stereocenters. The molecule has 1 rings (SSSR count). The molecular weight excluding hydrogens is 180 g/mol. The fourth-order valence-electron chi connectivity index (χ4n) is 1.61. The highest BCUT2D eigenvalue weighted by Crippen LogP contribution is 2.27. The molecule has 1 aliphatic carbocycles. The van der Waals surface area contributed by atoms with Crippen LogP contribution in [-0.2, 0) is 9.59 Å². The highest BCUT2D eigenvalue weighted by Gasteiger charge is 2.32. The Bertz CT molecular complexity index is 222. The fraction of sp³-hybridized carbons (Fsp3) is 0.800. The van der Waals surface area contributed by atoms with Gasteiger partial charge in [-0.1, -0.05) is 0 Å². The van der Waals surface area contributed by atoms with Crippen LogP contribution in [0, 0.1) is 5.92 Å². The van der Waals surface area contributed by atoms with E-state index in [4.69, 9.17) is 0 Å². The summed E-state index contributed by atoms with van der Waals surface area (Å²) in [6, 6.07) is 0.230. The Kier molecular flexibility index (Phi) is 4.07. The van der Waals surface area contributed by atoms with Crippen LogP contribution in [0.4, 0.5) is 0 Å². The minimum Gasteiger partial charge on any atom is -0.353 e. The van der Waals surface area contributed by atoms with Crippen molar-refractivity contribution in [1.82, 2.24) is 10.6 Å². The number of hydrogen-bond donors (Lipinski definition) is 2. The van der Waals surface area contributed by atoms with Crippen LogP contribution in [-0.4, -0.2) is 31.3 Å². The molecule has 2 N–H and O–H groups in total. The third kappa shape index (κ3) is 3.10. The van der Waals surface area contributed by atoms with Gasteiger partial charge in [-0.25, -0.2) is 0 Å². The number of carbonyl (C=O) groups excluding carboxylic acids is 2. The maximum atomic E-state index is 11.2. The second-order valence-electron chi connectivity index (χ2n) is 3.90. The van der Waals surface area contributed by atoms with E-state index in [2.05, 4.69) is 10.6 Å². The van der Waals surface area contributed by atoms with Crippen LogP contribution in [0.1, 0.15) is 26.2 Å². The van der Waals surface area contributed by atoms with Crippen LogP contribution in [0.25, 0.3) is 0 Å². The molecule has 14 heavy (non-hydrogen) atoms. The zero-order valence-corrected chi connectivity index (χ0v) is 8.80. The smallest absolute Gasteiger partial charge is 0.221 e. The number of amides is 1. The van der Waals surface area contributed by atoms with E-state index in [-0.39, 0.29) is 23.7 Å². The van der Waals surface area contributed by atoms with Gasteiger partial charge in [-0.2, -0.15) is 0 Å². The van der Waals surface area contributed by atoms with Crippen molar-refractivity contribution in [2.45, 2.75) is 32.2 Å². The number of Topliss-reactive ketones (excluding diaryl/α,β-unsaturated/α-hetero) is 1. The van der Waals surface area contributed by atoms with E-state index in [0.717, 1.165) is 12.8 Å². The fourth-order valence-corrected chi connectivity index (χ4v) is 1.61. The SMILES string of the molecule is CNCCC(=O)NC1CC(C(C)=O)C1. The molecule has 0 bridgehead atoms. The highest BCUT2D eigenvalue weighted by atomic mass is 16.1. The largest absolute Gasteiger partial charge is 0.353 e. The lowest BCUT2D eigenvalue weighted by Gasteiger charge is -2.34. The van der Waals surface area contributed by atoms with Crippen molar-refractivity contribution in [3.05, 3.63) is 0 Å². The molecule has 1 aliphatic rings. The first kappa shape index (κ1) is 11.2.